The van der Waals surface area contributed by atoms with Gasteiger partial charge in [-0.2, -0.15) is 0 Å². The average molecular weight is 294 g/mol. The number of rotatable bonds is 7. The van der Waals surface area contributed by atoms with Gasteiger partial charge in [-0.05, 0) is 45.2 Å². The third kappa shape index (κ3) is 5.71. The summed E-state index contributed by atoms with van der Waals surface area (Å²) in [7, 11) is 0. The molecule has 0 unspecified atom stereocenters. The Kier molecular flexibility index (Phi) is 6.15. The maximum absolute atomic E-state index is 11.2. The fourth-order valence-corrected chi connectivity index (χ4v) is 1.92. The molecule has 0 fully saturated rings. The van der Waals surface area contributed by atoms with E-state index >= 15 is 0 Å². The molecule has 1 rings (SSSR count). The second-order valence-electron chi connectivity index (χ2n) is 6.22. The minimum Gasteiger partial charge on any atom is -0.484 e. The molecule has 5 heteroatoms. The Morgan fingerprint density at radius 3 is 2.38 bits per heavy atom. The number of nitro groups is 1. The van der Waals surface area contributed by atoms with Gasteiger partial charge in [-0.25, -0.2) is 0 Å². The lowest BCUT2D eigenvalue weighted by Crippen LogP contribution is -2.35. The van der Waals surface area contributed by atoms with Crippen LogP contribution in [0, 0.1) is 10.1 Å². The van der Waals surface area contributed by atoms with Gasteiger partial charge in [-0.1, -0.05) is 19.9 Å². The summed E-state index contributed by atoms with van der Waals surface area (Å²) >= 11 is 0. The summed E-state index contributed by atoms with van der Waals surface area (Å²) < 4.78 is 5.74. The molecule has 0 aromatic heterocycles. The fraction of sp³-hybridized carbons (Fsp3) is 0.625. The van der Waals surface area contributed by atoms with E-state index in [1.54, 1.807) is 12.1 Å². The summed E-state index contributed by atoms with van der Waals surface area (Å²) in [5.41, 5.74) is 0.892. The Morgan fingerprint density at radius 1 is 1.29 bits per heavy atom. The molecule has 0 radical (unpaired) electrons. The van der Waals surface area contributed by atoms with Gasteiger partial charge in [-0.15, -0.1) is 0 Å². The first-order valence-electron chi connectivity index (χ1n) is 7.45. The first-order chi connectivity index (χ1) is 9.76. The van der Waals surface area contributed by atoms with Gasteiger partial charge in [-0.3, -0.25) is 10.1 Å². The van der Waals surface area contributed by atoms with Crippen LogP contribution in [0.1, 0.15) is 53.0 Å². The van der Waals surface area contributed by atoms with Gasteiger partial charge in [0.1, 0.15) is 0 Å². The summed E-state index contributed by atoms with van der Waals surface area (Å²) in [5.74, 6) is 0.355. The van der Waals surface area contributed by atoms with Crippen molar-refractivity contribution in [2.24, 2.45) is 0 Å². The van der Waals surface area contributed by atoms with Gasteiger partial charge in [0.2, 0.25) is 0 Å². The lowest BCUT2D eigenvalue weighted by Gasteiger charge is -2.21. The third-order valence-corrected chi connectivity index (χ3v) is 3.25. The van der Waals surface area contributed by atoms with Crippen LogP contribution < -0.4 is 10.1 Å². The molecule has 0 aliphatic heterocycles. The lowest BCUT2D eigenvalue weighted by atomic mass is 10.1. The van der Waals surface area contributed by atoms with Crippen molar-refractivity contribution in [2.45, 2.75) is 65.6 Å². The van der Waals surface area contributed by atoms with Crippen LogP contribution in [0.25, 0.3) is 0 Å². The molecule has 0 saturated carbocycles. The Bertz CT molecular complexity index is 477. The maximum Gasteiger partial charge on any atom is 0.311 e. The molecule has 1 aromatic carbocycles. The molecule has 0 aliphatic rings. The highest BCUT2D eigenvalue weighted by molar-refractivity contribution is 5.48. The van der Waals surface area contributed by atoms with E-state index in [1.807, 2.05) is 19.9 Å². The summed E-state index contributed by atoms with van der Waals surface area (Å²) in [6.07, 6.45) is 1.68. The van der Waals surface area contributed by atoms with Crippen molar-refractivity contribution >= 4 is 5.69 Å². The largest absolute Gasteiger partial charge is 0.484 e. The maximum atomic E-state index is 11.2. The normalized spacial score (nSPS) is 11.7. The highest BCUT2D eigenvalue weighted by atomic mass is 16.6. The first kappa shape index (κ1) is 17.4. The Balaban J connectivity index is 2.94. The number of benzene rings is 1. The van der Waals surface area contributed by atoms with Crippen molar-refractivity contribution in [1.82, 2.24) is 5.32 Å². The van der Waals surface area contributed by atoms with Gasteiger partial charge in [0, 0.05) is 18.2 Å². The van der Waals surface area contributed by atoms with Crippen molar-refractivity contribution in [2.75, 3.05) is 0 Å². The zero-order valence-electron chi connectivity index (χ0n) is 13.6. The van der Waals surface area contributed by atoms with Crippen molar-refractivity contribution in [1.29, 1.82) is 0 Å². The molecule has 1 N–H and O–H groups in total. The summed E-state index contributed by atoms with van der Waals surface area (Å²) in [6.45, 7) is 10.8. The van der Waals surface area contributed by atoms with Crippen LogP contribution in [0.3, 0.4) is 0 Å². The monoisotopic (exact) mass is 294 g/mol. The lowest BCUT2D eigenvalue weighted by molar-refractivity contribution is -0.386. The summed E-state index contributed by atoms with van der Waals surface area (Å²) in [4.78, 5) is 10.9. The minimum absolute atomic E-state index is 0.0160. The predicted octanol–water partition coefficient (Wildman–Crippen LogP) is 4.05. The SMILES string of the molecule is CCC(CC)Oc1ccc(CNC(C)(C)C)cc1[N+](=O)[O-]. The average Bonchev–Trinajstić information content (AvgIpc) is 2.42. The molecule has 118 valence electrons. The van der Waals surface area contributed by atoms with E-state index < -0.39 is 0 Å². The van der Waals surface area contributed by atoms with Crippen LogP contribution in [0.2, 0.25) is 0 Å². The second-order valence-corrected chi connectivity index (χ2v) is 6.22. The van der Waals surface area contributed by atoms with E-state index in [1.165, 1.54) is 0 Å². The number of hydrogen-bond acceptors (Lipinski definition) is 4. The molecule has 0 aliphatic carbocycles. The summed E-state index contributed by atoms with van der Waals surface area (Å²) in [6, 6.07) is 5.18. The Morgan fingerprint density at radius 2 is 1.90 bits per heavy atom. The molecule has 0 spiro atoms. The summed E-state index contributed by atoms with van der Waals surface area (Å²) in [5, 5.41) is 14.6. The van der Waals surface area contributed by atoms with Crippen LogP contribution in [0.5, 0.6) is 5.75 Å². The van der Waals surface area contributed by atoms with E-state index in [-0.39, 0.29) is 22.3 Å². The molecule has 5 nitrogen and oxygen atoms in total. The highest BCUT2D eigenvalue weighted by Gasteiger charge is 2.19. The van der Waals surface area contributed by atoms with Gasteiger partial charge in [0.15, 0.2) is 5.75 Å². The quantitative estimate of drug-likeness (QED) is 0.608. The zero-order valence-corrected chi connectivity index (χ0v) is 13.6. The Labute approximate surface area is 126 Å². The van der Waals surface area contributed by atoms with Crippen LogP contribution in [-0.2, 0) is 6.54 Å². The number of nitrogens with one attached hydrogen (secondary N) is 1. The van der Waals surface area contributed by atoms with E-state index in [0.717, 1.165) is 18.4 Å². The topological polar surface area (TPSA) is 64.4 Å². The minimum atomic E-state index is -0.377. The molecule has 0 heterocycles. The Hall–Kier alpha value is -1.62. The molecule has 0 amide bonds. The molecule has 0 saturated heterocycles. The number of nitro benzene ring substituents is 1. The third-order valence-electron chi connectivity index (χ3n) is 3.25. The smallest absolute Gasteiger partial charge is 0.311 e. The van der Waals surface area contributed by atoms with Crippen molar-refractivity contribution in [3.8, 4) is 5.75 Å². The van der Waals surface area contributed by atoms with Crippen LogP contribution in [0.4, 0.5) is 5.69 Å². The van der Waals surface area contributed by atoms with E-state index in [0.29, 0.717) is 12.3 Å². The standard InChI is InChI=1S/C16H26N2O3/c1-6-13(7-2)21-15-9-8-12(10-14(15)18(19)20)11-17-16(3,4)5/h8-10,13,17H,6-7,11H2,1-5H3. The van der Waals surface area contributed by atoms with Gasteiger partial charge in [0.25, 0.3) is 0 Å². The highest BCUT2D eigenvalue weighted by Crippen LogP contribution is 2.30. The van der Waals surface area contributed by atoms with Gasteiger partial charge >= 0.3 is 5.69 Å². The molecular weight excluding hydrogens is 268 g/mol. The van der Waals surface area contributed by atoms with Crippen LogP contribution in [-0.4, -0.2) is 16.6 Å². The zero-order chi connectivity index (χ0) is 16.0. The van der Waals surface area contributed by atoms with Crippen molar-refractivity contribution in [3.05, 3.63) is 33.9 Å². The fourth-order valence-electron chi connectivity index (χ4n) is 1.92. The molecular formula is C16H26N2O3. The number of ether oxygens (including phenoxy) is 1. The van der Waals surface area contributed by atoms with Crippen molar-refractivity contribution < 1.29 is 9.66 Å². The molecule has 1 aromatic rings. The molecule has 0 bridgehead atoms. The van der Waals surface area contributed by atoms with E-state index in [4.69, 9.17) is 4.74 Å². The van der Waals surface area contributed by atoms with Crippen LogP contribution in [0.15, 0.2) is 18.2 Å². The number of hydrogen-bond donors (Lipinski definition) is 1. The van der Waals surface area contributed by atoms with Gasteiger partial charge < -0.3 is 10.1 Å². The predicted molar refractivity (Wildman–Crippen MR) is 84.7 cm³/mol. The van der Waals surface area contributed by atoms with E-state index in [9.17, 15) is 10.1 Å². The van der Waals surface area contributed by atoms with E-state index in [2.05, 4.69) is 26.1 Å². The number of nitrogens with zero attached hydrogens (tertiary/aromatic N) is 1. The first-order valence-corrected chi connectivity index (χ1v) is 7.45. The molecule has 0 atom stereocenters. The van der Waals surface area contributed by atoms with Gasteiger partial charge in [0.05, 0.1) is 11.0 Å². The second kappa shape index (κ2) is 7.41. The van der Waals surface area contributed by atoms with Crippen LogP contribution >= 0.6 is 0 Å². The van der Waals surface area contributed by atoms with Crippen molar-refractivity contribution in [3.63, 3.8) is 0 Å². The molecule has 21 heavy (non-hydrogen) atoms.